The lowest BCUT2D eigenvalue weighted by Crippen LogP contribution is -2.50. The molecule has 0 N–H and O–H groups in total. The lowest BCUT2D eigenvalue weighted by molar-refractivity contribution is -0.143. The van der Waals surface area contributed by atoms with E-state index in [-0.39, 0.29) is 49.8 Å². The summed E-state index contributed by atoms with van der Waals surface area (Å²) in [6, 6.07) is 3.56. The van der Waals surface area contributed by atoms with Gasteiger partial charge in [-0.15, -0.1) is 0 Å². The standard InChI is InChI=1S/C16H21FN2O5S/c1-12-11-13(17)3-4-14(12)25(22,23)19-9-7-18(8-10-19)15(20)5-6-16(21)24-2/h3-4,11H,5-10H2,1-2H3. The van der Waals surface area contributed by atoms with Crippen LogP contribution in [0.2, 0.25) is 0 Å². The fourth-order valence-corrected chi connectivity index (χ4v) is 4.32. The van der Waals surface area contributed by atoms with Crippen molar-refractivity contribution < 1.29 is 27.1 Å². The summed E-state index contributed by atoms with van der Waals surface area (Å²) in [5, 5.41) is 0. The average Bonchev–Trinajstić information content (AvgIpc) is 2.59. The first-order valence-corrected chi connectivity index (χ1v) is 9.30. The van der Waals surface area contributed by atoms with Crippen LogP contribution in [0.4, 0.5) is 4.39 Å². The summed E-state index contributed by atoms with van der Waals surface area (Å²) in [5.41, 5.74) is 0.344. The third kappa shape index (κ3) is 4.55. The highest BCUT2D eigenvalue weighted by molar-refractivity contribution is 7.89. The number of piperazine rings is 1. The SMILES string of the molecule is COC(=O)CCC(=O)N1CCN(S(=O)(=O)c2ccc(F)cc2C)CC1. The predicted molar refractivity (Wildman–Crippen MR) is 87.7 cm³/mol. The number of nitrogens with zero attached hydrogens (tertiary/aromatic N) is 2. The van der Waals surface area contributed by atoms with E-state index in [4.69, 9.17) is 0 Å². The molecule has 25 heavy (non-hydrogen) atoms. The topological polar surface area (TPSA) is 84.0 Å². The molecule has 0 spiro atoms. The van der Waals surface area contributed by atoms with E-state index >= 15 is 0 Å². The number of benzene rings is 1. The van der Waals surface area contributed by atoms with Crippen LogP contribution in [0.15, 0.2) is 23.1 Å². The summed E-state index contributed by atoms with van der Waals surface area (Å²) in [5.74, 6) is -1.15. The van der Waals surface area contributed by atoms with Crippen LogP contribution in [-0.2, 0) is 24.3 Å². The summed E-state index contributed by atoms with van der Waals surface area (Å²) in [4.78, 5) is 24.7. The second-order valence-electron chi connectivity index (χ2n) is 5.77. The molecular formula is C16H21FN2O5S. The van der Waals surface area contributed by atoms with Gasteiger partial charge in [-0.05, 0) is 30.7 Å². The molecule has 1 aliphatic heterocycles. The molecule has 0 unspecified atom stereocenters. The monoisotopic (exact) mass is 372 g/mol. The van der Waals surface area contributed by atoms with Crippen molar-refractivity contribution in [1.29, 1.82) is 0 Å². The molecule has 0 saturated carbocycles. The van der Waals surface area contributed by atoms with Gasteiger partial charge >= 0.3 is 5.97 Å². The van der Waals surface area contributed by atoms with Crippen molar-refractivity contribution >= 4 is 21.9 Å². The maximum absolute atomic E-state index is 13.2. The molecule has 1 amide bonds. The van der Waals surface area contributed by atoms with Crippen molar-refractivity contribution in [2.75, 3.05) is 33.3 Å². The minimum absolute atomic E-state index is 0.00260. The van der Waals surface area contributed by atoms with Crippen molar-refractivity contribution in [3.8, 4) is 0 Å². The molecule has 7 nitrogen and oxygen atoms in total. The Bertz CT molecular complexity index is 758. The number of rotatable bonds is 5. The molecule has 138 valence electrons. The van der Waals surface area contributed by atoms with Gasteiger partial charge in [0, 0.05) is 32.6 Å². The summed E-state index contributed by atoms with van der Waals surface area (Å²) in [6.07, 6.45) is 0.0408. The molecule has 1 aliphatic rings. The third-order valence-corrected chi connectivity index (χ3v) is 6.18. The fourth-order valence-electron chi connectivity index (χ4n) is 2.69. The molecule has 0 aliphatic carbocycles. The van der Waals surface area contributed by atoms with Crippen LogP contribution in [0, 0.1) is 12.7 Å². The van der Waals surface area contributed by atoms with Gasteiger partial charge in [0.05, 0.1) is 18.4 Å². The van der Waals surface area contributed by atoms with E-state index in [1.807, 2.05) is 0 Å². The minimum atomic E-state index is -3.73. The van der Waals surface area contributed by atoms with Crippen molar-refractivity contribution in [2.45, 2.75) is 24.7 Å². The molecular weight excluding hydrogens is 351 g/mol. The molecule has 0 atom stereocenters. The number of carbonyl (C=O) groups is 2. The first-order chi connectivity index (χ1) is 11.8. The molecule has 9 heteroatoms. The van der Waals surface area contributed by atoms with Gasteiger partial charge in [-0.2, -0.15) is 4.31 Å². The van der Waals surface area contributed by atoms with E-state index in [0.29, 0.717) is 5.56 Å². The zero-order valence-electron chi connectivity index (χ0n) is 14.2. The molecule has 1 heterocycles. The van der Waals surface area contributed by atoms with Crippen LogP contribution in [0.5, 0.6) is 0 Å². The Morgan fingerprint density at radius 2 is 1.80 bits per heavy atom. The molecule has 0 bridgehead atoms. The highest BCUT2D eigenvalue weighted by atomic mass is 32.2. The van der Waals surface area contributed by atoms with Crippen LogP contribution in [0.25, 0.3) is 0 Å². The van der Waals surface area contributed by atoms with Gasteiger partial charge in [0.15, 0.2) is 0 Å². The van der Waals surface area contributed by atoms with Gasteiger partial charge in [0.1, 0.15) is 5.82 Å². The van der Waals surface area contributed by atoms with Gasteiger partial charge in [-0.3, -0.25) is 9.59 Å². The van der Waals surface area contributed by atoms with Gasteiger partial charge in [0.2, 0.25) is 15.9 Å². The van der Waals surface area contributed by atoms with Crippen molar-refractivity contribution in [1.82, 2.24) is 9.21 Å². The molecule has 1 saturated heterocycles. The number of ether oxygens (including phenoxy) is 1. The fraction of sp³-hybridized carbons (Fsp3) is 0.500. The second-order valence-corrected chi connectivity index (χ2v) is 7.68. The smallest absolute Gasteiger partial charge is 0.306 e. The molecule has 0 aromatic heterocycles. The normalized spacial score (nSPS) is 15.9. The third-order valence-electron chi connectivity index (χ3n) is 4.12. The molecule has 1 aromatic rings. The number of sulfonamides is 1. The molecule has 0 radical (unpaired) electrons. The largest absolute Gasteiger partial charge is 0.469 e. The molecule has 1 aromatic carbocycles. The first kappa shape index (κ1) is 19.3. The number of carbonyl (C=O) groups excluding carboxylic acids is 2. The number of hydrogen-bond acceptors (Lipinski definition) is 5. The Morgan fingerprint density at radius 1 is 1.16 bits per heavy atom. The zero-order valence-corrected chi connectivity index (χ0v) is 15.0. The Labute approximate surface area is 146 Å². The van der Waals surface area contributed by atoms with Gasteiger partial charge in [-0.25, -0.2) is 12.8 Å². The number of aryl methyl sites for hydroxylation is 1. The summed E-state index contributed by atoms with van der Waals surface area (Å²) >= 11 is 0. The van der Waals surface area contributed by atoms with Gasteiger partial charge in [-0.1, -0.05) is 0 Å². The van der Waals surface area contributed by atoms with Crippen LogP contribution >= 0.6 is 0 Å². The number of halogens is 1. The number of amides is 1. The second kappa shape index (κ2) is 7.92. The molecule has 1 fully saturated rings. The highest BCUT2D eigenvalue weighted by Gasteiger charge is 2.31. The lowest BCUT2D eigenvalue weighted by Gasteiger charge is -2.34. The number of hydrogen-bond donors (Lipinski definition) is 0. The summed E-state index contributed by atoms with van der Waals surface area (Å²) in [7, 11) is -2.48. The number of esters is 1. The van der Waals surface area contributed by atoms with Crippen LogP contribution in [0.3, 0.4) is 0 Å². The molecule has 2 rings (SSSR count). The Balaban J connectivity index is 1.99. The Morgan fingerprint density at radius 3 is 2.36 bits per heavy atom. The summed E-state index contributed by atoms with van der Waals surface area (Å²) in [6.45, 7) is 2.35. The number of methoxy groups -OCH3 is 1. The van der Waals surface area contributed by atoms with E-state index in [9.17, 15) is 22.4 Å². The first-order valence-electron chi connectivity index (χ1n) is 7.86. The van der Waals surface area contributed by atoms with Crippen molar-refractivity contribution in [2.24, 2.45) is 0 Å². The van der Waals surface area contributed by atoms with Crippen molar-refractivity contribution in [3.63, 3.8) is 0 Å². The van der Waals surface area contributed by atoms with Gasteiger partial charge < -0.3 is 9.64 Å². The van der Waals surface area contributed by atoms with Crippen LogP contribution in [-0.4, -0.2) is 62.8 Å². The van der Waals surface area contributed by atoms with E-state index in [1.165, 1.54) is 28.4 Å². The Hall–Kier alpha value is -2.00. The van der Waals surface area contributed by atoms with E-state index in [0.717, 1.165) is 6.07 Å². The predicted octanol–water partition coefficient (Wildman–Crippen LogP) is 0.920. The zero-order chi connectivity index (χ0) is 18.6. The van der Waals surface area contributed by atoms with Gasteiger partial charge in [0.25, 0.3) is 0 Å². The minimum Gasteiger partial charge on any atom is -0.469 e. The lowest BCUT2D eigenvalue weighted by atomic mass is 10.2. The average molecular weight is 372 g/mol. The van der Waals surface area contributed by atoms with Crippen LogP contribution in [0.1, 0.15) is 18.4 Å². The van der Waals surface area contributed by atoms with E-state index < -0.39 is 21.8 Å². The van der Waals surface area contributed by atoms with Crippen LogP contribution < -0.4 is 0 Å². The summed E-state index contributed by atoms with van der Waals surface area (Å²) < 4.78 is 44.3. The Kier molecular flexibility index (Phi) is 6.12. The quantitative estimate of drug-likeness (QED) is 0.718. The van der Waals surface area contributed by atoms with E-state index in [1.54, 1.807) is 6.92 Å². The van der Waals surface area contributed by atoms with E-state index in [2.05, 4.69) is 4.74 Å². The van der Waals surface area contributed by atoms with Crippen molar-refractivity contribution in [3.05, 3.63) is 29.6 Å². The maximum Gasteiger partial charge on any atom is 0.306 e. The highest BCUT2D eigenvalue weighted by Crippen LogP contribution is 2.22. The maximum atomic E-state index is 13.2.